The van der Waals surface area contributed by atoms with Crippen LogP contribution < -0.4 is 5.32 Å². The number of fused-ring (bicyclic) bond motifs is 1. The lowest BCUT2D eigenvalue weighted by molar-refractivity contribution is -0.143. The van der Waals surface area contributed by atoms with E-state index in [1.165, 1.54) is 7.11 Å². The maximum Gasteiger partial charge on any atom is 0.337 e. The number of methoxy groups -OCH3 is 1. The van der Waals surface area contributed by atoms with E-state index in [-0.39, 0.29) is 16.8 Å². The van der Waals surface area contributed by atoms with E-state index in [1.54, 1.807) is 39.0 Å². The number of nitrogens with zero attached hydrogens (tertiary/aromatic N) is 2. The quantitative estimate of drug-likeness (QED) is 0.606. The number of aromatic nitrogens is 2. The molecular formula is C19H19N3O6. The molecule has 2 aromatic rings. The summed E-state index contributed by atoms with van der Waals surface area (Å²) in [4.78, 5) is 37.2. The highest BCUT2D eigenvalue weighted by atomic mass is 16.6. The highest BCUT2D eigenvalue weighted by Gasteiger charge is 2.40. The highest BCUT2D eigenvalue weighted by Crippen LogP contribution is 2.41. The fourth-order valence-corrected chi connectivity index (χ4v) is 3.20. The van der Waals surface area contributed by atoms with Crippen LogP contribution in [0.25, 0.3) is 11.0 Å². The van der Waals surface area contributed by atoms with Gasteiger partial charge in [0, 0.05) is 5.70 Å². The summed E-state index contributed by atoms with van der Waals surface area (Å²) in [6, 6.07) is 5.06. The van der Waals surface area contributed by atoms with Crippen molar-refractivity contribution < 1.29 is 28.5 Å². The smallest absolute Gasteiger partial charge is 0.337 e. The molecule has 0 bridgehead atoms. The minimum atomic E-state index is -0.948. The van der Waals surface area contributed by atoms with Gasteiger partial charge in [0.15, 0.2) is 6.29 Å². The fourth-order valence-electron chi connectivity index (χ4n) is 3.20. The minimum Gasteiger partial charge on any atom is -0.466 e. The van der Waals surface area contributed by atoms with Crippen LogP contribution in [0.15, 0.2) is 45.4 Å². The molecule has 1 aromatic carbocycles. The predicted octanol–water partition coefficient (Wildman–Crippen LogP) is 1.76. The van der Waals surface area contributed by atoms with E-state index in [1.807, 2.05) is 0 Å². The molecule has 28 heavy (non-hydrogen) atoms. The normalized spacial score (nSPS) is 17.0. The second-order valence-electron chi connectivity index (χ2n) is 6.47. The number of rotatable bonds is 5. The molecule has 2 heterocycles. The monoisotopic (exact) mass is 385 g/mol. The van der Waals surface area contributed by atoms with E-state index in [0.29, 0.717) is 28.6 Å². The van der Waals surface area contributed by atoms with Crippen LogP contribution in [0.2, 0.25) is 0 Å². The first-order valence-electron chi connectivity index (χ1n) is 8.56. The van der Waals surface area contributed by atoms with Gasteiger partial charge in [-0.15, -0.1) is 0 Å². The van der Waals surface area contributed by atoms with Crippen LogP contribution in [0.5, 0.6) is 0 Å². The van der Waals surface area contributed by atoms with E-state index < -0.39 is 24.0 Å². The Bertz CT molecular complexity index is 1020. The molecule has 1 aromatic heterocycles. The summed E-state index contributed by atoms with van der Waals surface area (Å²) >= 11 is 0. The van der Waals surface area contributed by atoms with Gasteiger partial charge in [-0.1, -0.05) is 12.1 Å². The molecule has 1 aliphatic heterocycles. The molecular weight excluding hydrogens is 366 g/mol. The lowest BCUT2D eigenvalue weighted by Crippen LogP contribution is -2.34. The van der Waals surface area contributed by atoms with Crippen molar-refractivity contribution in [1.82, 2.24) is 15.6 Å². The van der Waals surface area contributed by atoms with Crippen molar-refractivity contribution in [2.45, 2.75) is 32.8 Å². The predicted molar refractivity (Wildman–Crippen MR) is 96.7 cm³/mol. The lowest BCUT2D eigenvalue weighted by atomic mass is 9.80. The zero-order chi connectivity index (χ0) is 20.4. The highest BCUT2D eigenvalue weighted by molar-refractivity contribution is 6.04. The topological polar surface area (TPSA) is 121 Å². The summed E-state index contributed by atoms with van der Waals surface area (Å²) in [5, 5.41) is 10.5. The van der Waals surface area contributed by atoms with Gasteiger partial charge < -0.3 is 14.8 Å². The maximum absolute atomic E-state index is 12.9. The van der Waals surface area contributed by atoms with Crippen LogP contribution in [0.3, 0.4) is 0 Å². The van der Waals surface area contributed by atoms with Gasteiger partial charge in [-0.25, -0.2) is 14.2 Å². The number of hydrogen-bond acceptors (Lipinski definition) is 9. The van der Waals surface area contributed by atoms with Crippen LogP contribution >= 0.6 is 0 Å². The van der Waals surface area contributed by atoms with Gasteiger partial charge in [-0.3, -0.25) is 4.79 Å². The lowest BCUT2D eigenvalue weighted by Gasteiger charge is -2.30. The van der Waals surface area contributed by atoms with E-state index >= 15 is 0 Å². The van der Waals surface area contributed by atoms with Crippen molar-refractivity contribution in [2.75, 3.05) is 7.11 Å². The molecule has 0 saturated carbocycles. The van der Waals surface area contributed by atoms with Crippen LogP contribution in [0.1, 0.15) is 32.3 Å². The molecule has 1 atom stereocenters. The van der Waals surface area contributed by atoms with Crippen LogP contribution in [-0.2, 0) is 23.9 Å². The average Bonchev–Trinajstić information content (AvgIpc) is 3.14. The van der Waals surface area contributed by atoms with Gasteiger partial charge in [0.1, 0.15) is 11.0 Å². The Morgan fingerprint density at radius 3 is 2.61 bits per heavy atom. The standard InChI is InChI=1S/C19H19N3O6/c1-9(2)27-19(25)16-13(8-23)20-10(3)14(18(24)26-4)15(16)11-6-5-7-12-17(11)22-28-21-12/h5-9,15,20H,1-4H3. The van der Waals surface area contributed by atoms with Crippen LogP contribution in [-0.4, -0.2) is 41.8 Å². The van der Waals surface area contributed by atoms with Gasteiger partial charge in [-0.05, 0) is 42.7 Å². The number of benzene rings is 1. The molecule has 0 fully saturated rings. The van der Waals surface area contributed by atoms with Gasteiger partial charge in [-0.2, -0.15) is 0 Å². The summed E-state index contributed by atoms with van der Waals surface area (Å²) < 4.78 is 15.1. The van der Waals surface area contributed by atoms with Crippen molar-refractivity contribution in [3.8, 4) is 0 Å². The average molecular weight is 385 g/mol. The molecule has 1 aliphatic rings. The Balaban J connectivity index is 2.30. The Morgan fingerprint density at radius 2 is 1.96 bits per heavy atom. The maximum atomic E-state index is 12.9. The first-order chi connectivity index (χ1) is 13.4. The zero-order valence-electron chi connectivity index (χ0n) is 15.8. The second-order valence-corrected chi connectivity index (χ2v) is 6.47. The second kappa shape index (κ2) is 7.63. The fraction of sp³-hybridized carbons (Fsp3) is 0.316. The van der Waals surface area contributed by atoms with E-state index in [9.17, 15) is 14.4 Å². The number of hydrogen-bond donors (Lipinski definition) is 1. The first-order valence-corrected chi connectivity index (χ1v) is 8.56. The number of allylic oxidation sites excluding steroid dienone is 2. The summed E-state index contributed by atoms with van der Waals surface area (Å²) in [5.74, 6) is -2.32. The Kier molecular flexibility index (Phi) is 5.25. The molecule has 9 heteroatoms. The molecule has 0 amide bonds. The Morgan fingerprint density at radius 1 is 1.21 bits per heavy atom. The van der Waals surface area contributed by atoms with Gasteiger partial charge in [0.2, 0.25) is 0 Å². The first kappa shape index (κ1) is 19.3. The van der Waals surface area contributed by atoms with Crippen molar-refractivity contribution in [3.63, 3.8) is 0 Å². The van der Waals surface area contributed by atoms with Gasteiger partial charge >= 0.3 is 11.9 Å². The molecule has 0 spiro atoms. The minimum absolute atomic E-state index is 0.00857. The third-order valence-electron chi connectivity index (χ3n) is 4.31. The number of dihydropyridines is 1. The molecule has 146 valence electrons. The van der Waals surface area contributed by atoms with Crippen LogP contribution in [0, 0.1) is 0 Å². The third kappa shape index (κ3) is 3.26. The van der Waals surface area contributed by atoms with Gasteiger partial charge in [0.05, 0.1) is 36.0 Å². The van der Waals surface area contributed by atoms with Crippen LogP contribution in [0.4, 0.5) is 0 Å². The zero-order valence-corrected chi connectivity index (χ0v) is 15.8. The number of carbonyl (C=O) groups excluding carboxylic acids is 3. The summed E-state index contributed by atoms with van der Waals surface area (Å²) in [5.41, 5.74) is 1.83. The summed E-state index contributed by atoms with van der Waals surface area (Å²) in [6.07, 6.45) is 0.0921. The molecule has 0 aliphatic carbocycles. The number of nitrogens with one attached hydrogen (secondary N) is 1. The van der Waals surface area contributed by atoms with Crippen molar-refractivity contribution in [2.24, 2.45) is 0 Å². The van der Waals surface area contributed by atoms with Gasteiger partial charge in [0.25, 0.3) is 0 Å². The number of aldehydes is 1. The number of ether oxygens (including phenoxy) is 2. The summed E-state index contributed by atoms with van der Waals surface area (Å²) in [6.45, 7) is 5.00. The van der Waals surface area contributed by atoms with E-state index in [0.717, 1.165) is 0 Å². The molecule has 0 saturated heterocycles. The largest absolute Gasteiger partial charge is 0.466 e. The van der Waals surface area contributed by atoms with Crippen molar-refractivity contribution in [1.29, 1.82) is 0 Å². The molecule has 1 unspecified atom stereocenters. The molecule has 1 N–H and O–H groups in total. The van der Waals surface area contributed by atoms with E-state index in [2.05, 4.69) is 15.6 Å². The van der Waals surface area contributed by atoms with Crippen molar-refractivity contribution >= 4 is 29.3 Å². The molecule has 0 radical (unpaired) electrons. The molecule has 9 nitrogen and oxygen atoms in total. The Labute approximate surface area is 160 Å². The molecule has 3 rings (SSSR count). The Hall–Kier alpha value is -3.49. The third-order valence-corrected chi connectivity index (χ3v) is 4.31. The number of esters is 2. The van der Waals surface area contributed by atoms with E-state index in [4.69, 9.17) is 14.1 Å². The SMILES string of the molecule is COC(=O)C1=C(C)NC(C=O)=C(C(=O)OC(C)C)C1c1cccc2nonc12. The van der Waals surface area contributed by atoms with Crippen molar-refractivity contribution in [3.05, 3.63) is 46.3 Å². The number of carbonyl (C=O) groups is 3. The summed E-state index contributed by atoms with van der Waals surface area (Å²) in [7, 11) is 1.24.